The highest BCUT2D eigenvalue weighted by Crippen LogP contribution is 2.28. The monoisotopic (exact) mass is 338 g/mol. The van der Waals surface area contributed by atoms with Crippen molar-refractivity contribution in [2.75, 3.05) is 13.1 Å². The van der Waals surface area contributed by atoms with Gasteiger partial charge in [0.25, 0.3) is 0 Å². The van der Waals surface area contributed by atoms with Gasteiger partial charge in [-0.2, -0.15) is 5.10 Å². The Bertz CT molecular complexity index is 847. The van der Waals surface area contributed by atoms with E-state index in [2.05, 4.69) is 19.7 Å². The first-order valence-corrected chi connectivity index (χ1v) is 8.85. The summed E-state index contributed by atoms with van der Waals surface area (Å²) in [4.78, 5) is 14.8. The molecule has 0 radical (unpaired) electrons. The molecule has 0 spiro atoms. The summed E-state index contributed by atoms with van der Waals surface area (Å²) in [6.07, 6.45) is 8.16. The summed E-state index contributed by atoms with van der Waals surface area (Å²) < 4.78 is 3.82. The minimum absolute atomic E-state index is 0.163. The molecule has 1 amide bonds. The lowest BCUT2D eigenvalue weighted by Crippen LogP contribution is -2.42. The third kappa shape index (κ3) is 2.90. The molecule has 0 aromatic carbocycles. The Balaban J connectivity index is 1.45. The molecule has 1 fully saturated rings. The molecule has 7 nitrogen and oxygen atoms in total. The van der Waals surface area contributed by atoms with Gasteiger partial charge in [-0.05, 0) is 37.5 Å². The van der Waals surface area contributed by atoms with Gasteiger partial charge in [0.2, 0.25) is 5.91 Å². The molecule has 4 rings (SSSR count). The molecular formula is C18H22N6O. The highest BCUT2D eigenvalue weighted by atomic mass is 16.2. The third-order valence-electron chi connectivity index (χ3n) is 5.03. The van der Waals surface area contributed by atoms with Crippen molar-refractivity contribution in [1.29, 1.82) is 0 Å². The van der Waals surface area contributed by atoms with Crippen molar-refractivity contribution >= 4 is 11.6 Å². The largest absolute Gasteiger partial charge is 0.341 e. The summed E-state index contributed by atoms with van der Waals surface area (Å²) in [5.41, 5.74) is 0.876. The van der Waals surface area contributed by atoms with Crippen LogP contribution in [0.5, 0.6) is 0 Å². The van der Waals surface area contributed by atoms with E-state index >= 15 is 0 Å². The van der Waals surface area contributed by atoms with Crippen LogP contribution >= 0.6 is 0 Å². The van der Waals surface area contributed by atoms with Gasteiger partial charge in [0.05, 0.1) is 0 Å². The first-order chi connectivity index (χ1) is 12.3. The molecule has 3 aromatic rings. The fourth-order valence-corrected chi connectivity index (χ4v) is 3.65. The molecule has 0 unspecified atom stereocenters. The van der Waals surface area contributed by atoms with Crippen LogP contribution in [0.15, 0.2) is 42.9 Å². The molecule has 130 valence electrons. The average Bonchev–Trinajstić information content (AvgIpc) is 3.32. The fourth-order valence-electron chi connectivity index (χ4n) is 3.65. The maximum atomic E-state index is 12.9. The number of carbonyl (C=O) groups excluding carboxylic acids is 1. The van der Waals surface area contributed by atoms with Crippen molar-refractivity contribution in [3.63, 3.8) is 0 Å². The van der Waals surface area contributed by atoms with E-state index in [1.807, 2.05) is 48.5 Å². The average molecular weight is 338 g/mol. The number of fused-ring (bicyclic) bond motifs is 1. The van der Waals surface area contributed by atoms with E-state index in [0.29, 0.717) is 5.92 Å². The molecule has 1 saturated heterocycles. The number of likely N-dealkylation sites (tertiary alicyclic amines) is 1. The number of hydrogen-bond donors (Lipinski definition) is 0. The quantitative estimate of drug-likeness (QED) is 0.732. The van der Waals surface area contributed by atoms with E-state index in [-0.39, 0.29) is 11.9 Å². The number of amides is 1. The summed E-state index contributed by atoms with van der Waals surface area (Å²) in [5.74, 6) is 1.50. The molecule has 4 heterocycles. The minimum atomic E-state index is -0.208. The predicted octanol–water partition coefficient (Wildman–Crippen LogP) is 2.28. The summed E-state index contributed by atoms with van der Waals surface area (Å²) in [6.45, 7) is 3.53. The van der Waals surface area contributed by atoms with Gasteiger partial charge in [0.15, 0.2) is 5.65 Å². The second-order valence-electron chi connectivity index (χ2n) is 6.50. The number of pyridine rings is 1. The van der Waals surface area contributed by atoms with Crippen LogP contribution in [0.4, 0.5) is 0 Å². The van der Waals surface area contributed by atoms with Crippen LogP contribution in [0.25, 0.3) is 5.65 Å². The molecule has 1 atom stereocenters. The third-order valence-corrected chi connectivity index (χ3v) is 5.03. The molecule has 7 heteroatoms. The van der Waals surface area contributed by atoms with E-state index in [4.69, 9.17) is 0 Å². The van der Waals surface area contributed by atoms with Gasteiger partial charge in [0.1, 0.15) is 11.9 Å². The molecule has 3 aromatic heterocycles. The molecule has 25 heavy (non-hydrogen) atoms. The van der Waals surface area contributed by atoms with Crippen molar-refractivity contribution in [2.45, 2.75) is 38.1 Å². The summed E-state index contributed by atoms with van der Waals surface area (Å²) >= 11 is 0. The molecular weight excluding hydrogens is 316 g/mol. The van der Waals surface area contributed by atoms with E-state index in [1.165, 1.54) is 0 Å². The number of aromatic nitrogens is 5. The SMILES string of the molecule is CC[C@H](C(=O)N1CCC(c2nnc3ccccn23)CC1)n1cccn1. The lowest BCUT2D eigenvalue weighted by Gasteiger charge is -2.33. The first kappa shape index (κ1) is 15.8. The second-order valence-corrected chi connectivity index (χ2v) is 6.50. The molecule has 1 aliphatic heterocycles. The van der Waals surface area contributed by atoms with Gasteiger partial charge in [-0.25, -0.2) is 0 Å². The summed E-state index contributed by atoms with van der Waals surface area (Å²) in [6, 6.07) is 7.58. The topological polar surface area (TPSA) is 68.3 Å². The van der Waals surface area contributed by atoms with Crippen LogP contribution in [0.1, 0.15) is 44.0 Å². The van der Waals surface area contributed by atoms with Gasteiger partial charge in [-0.15, -0.1) is 10.2 Å². The number of hydrogen-bond acceptors (Lipinski definition) is 4. The predicted molar refractivity (Wildman–Crippen MR) is 93.1 cm³/mol. The Morgan fingerprint density at radius 3 is 2.76 bits per heavy atom. The molecule has 0 saturated carbocycles. The smallest absolute Gasteiger partial charge is 0.247 e. The Hall–Kier alpha value is -2.70. The van der Waals surface area contributed by atoms with Gasteiger partial charge >= 0.3 is 0 Å². The van der Waals surface area contributed by atoms with Crippen LogP contribution in [0, 0.1) is 0 Å². The van der Waals surface area contributed by atoms with E-state index in [0.717, 1.165) is 43.8 Å². The lowest BCUT2D eigenvalue weighted by atomic mass is 9.95. The van der Waals surface area contributed by atoms with E-state index in [9.17, 15) is 4.79 Å². The number of piperidine rings is 1. The molecule has 0 N–H and O–H groups in total. The summed E-state index contributed by atoms with van der Waals surface area (Å²) in [7, 11) is 0. The van der Waals surface area contributed by atoms with Gasteiger partial charge in [0, 0.05) is 37.6 Å². The summed E-state index contributed by atoms with van der Waals surface area (Å²) in [5, 5.41) is 12.9. The van der Waals surface area contributed by atoms with Crippen LogP contribution in [-0.4, -0.2) is 48.3 Å². The number of carbonyl (C=O) groups is 1. The number of nitrogens with zero attached hydrogens (tertiary/aromatic N) is 6. The molecule has 0 aliphatic carbocycles. The lowest BCUT2D eigenvalue weighted by molar-refractivity contribution is -0.136. The standard InChI is InChI=1S/C18H22N6O/c1-2-15(24-11-5-9-19-24)18(25)22-12-7-14(8-13-22)17-21-20-16-6-3-4-10-23(16)17/h3-6,9-11,14-15H,2,7-8,12-13H2,1H3/t15-/m1/s1. The maximum Gasteiger partial charge on any atom is 0.247 e. The fraction of sp³-hybridized carbons (Fsp3) is 0.444. The highest BCUT2D eigenvalue weighted by molar-refractivity contribution is 5.80. The Morgan fingerprint density at radius 2 is 2.04 bits per heavy atom. The maximum absolute atomic E-state index is 12.9. The van der Waals surface area contributed by atoms with Crippen LogP contribution in [0.2, 0.25) is 0 Å². The zero-order valence-electron chi connectivity index (χ0n) is 14.3. The van der Waals surface area contributed by atoms with Crippen LogP contribution in [0.3, 0.4) is 0 Å². The molecule has 0 bridgehead atoms. The Morgan fingerprint density at radius 1 is 1.20 bits per heavy atom. The van der Waals surface area contributed by atoms with Crippen molar-refractivity contribution < 1.29 is 4.79 Å². The van der Waals surface area contributed by atoms with Crippen LogP contribution < -0.4 is 0 Å². The molecule has 1 aliphatic rings. The second kappa shape index (κ2) is 6.66. The number of rotatable bonds is 4. The van der Waals surface area contributed by atoms with Gasteiger partial charge < -0.3 is 4.90 Å². The van der Waals surface area contributed by atoms with Gasteiger partial charge in [-0.1, -0.05) is 13.0 Å². The van der Waals surface area contributed by atoms with Crippen molar-refractivity contribution in [1.82, 2.24) is 29.3 Å². The normalized spacial score (nSPS) is 17.1. The van der Waals surface area contributed by atoms with Crippen molar-refractivity contribution in [3.05, 3.63) is 48.7 Å². The van der Waals surface area contributed by atoms with Crippen LogP contribution in [-0.2, 0) is 4.79 Å². The first-order valence-electron chi connectivity index (χ1n) is 8.85. The Labute approximate surface area is 146 Å². The zero-order valence-corrected chi connectivity index (χ0v) is 14.3. The Kier molecular flexibility index (Phi) is 4.21. The van der Waals surface area contributed by atoms with Crippen molar-refractivity contribution in [3.8, 4) is 0 Å². The highest BCUT2D eigenvalue weighted by Gasteiger charge is 2.30. The minimum Gasteiger partial charge on any atom is -0.341 e. The van der Waals surface area contributed by atoms with E-state index in [1.54, 1.807) is 10.9 Å². The van der Waals surface area contributed by atoms with Gasteiger partial charge in [-0.3, -0.25) is 13.9 Å². The van der Waals surface area contributed by atoms with Crippen molar-refractivity contribution in [2.24, 2.45) is 0 Å². The van der Waals surface area contributed by atoms with E-state index < -0.39 is 0 Å². The zero-order chi connectivity index (χ0) is 17.2.